The number of hydrogen-bond donors (Lipinski definition) is 1. The van der Waals surface area contributed by atoms with Crippen LogP contribution in [0, 0.1) is 0 Å². The van der Waals surface area contributed by atoms with Crippen LogP contribution in [0.15, 0.2) is 22.7 Å². The van der Waals surface area contributed by atoms with Gasteiger partial charge in [0.25, 0.3) is 0 Å². The van der Waals surface area contributed by atoms with E-state index in [2.05, 4.69) is 27.3 Å². The lowest BCUT2D eigenvalue weighted by molar-refractivity contribution is 0.508. The molecule has 1 fully saturated rings. The summed E-state index contributed by atoms with van der Waals surface area (Å²) in [6.45, 7) is 0.872. The lowest BCUT2D eigenvalue weighted by Gasteiger charge is -2.22. The third-order valence-electron chi connectivity index (χ3n) is 2.76. The minimum absolute atomic E-state index is 0.651. The second-order valence-electron chi connectivity index (χ2n) is 4.03. The van der Waals surface area contributed by atoms with Crippen molar-refractivity contribution in [3.8, 4) is 0 Å². The quantitative estimate of drug-likeness (QED) is 0.900. The minimum Gasteiger partial charge on any atom is -0.309 e. The molecule has 0 spiro atoms. The monoisotopic (exact) mass is 319 g/mol. The highest BCUT2D eigenvalue weighted by atomic mass is 79.9. The van der Waals surface area contributed by atoms with Gasteiger partial charge in [0.15, 0.2) is 0 Å². The molecule has 1 atom stereocenters. The topological polar surface area (TPSA) is 12.0 Å². The van der Waals surface area contributed by atoms with Crippen LogP contribution in [0.5, 0.6) is 0 Å². The molecular formula is C12H15BrClNS. The third-order valence-corrected chi connectivity index (χ3v) is 4.82. The summed E-state index contributed by atoms with van der Waals surface area (Å²) in [6, 6.07) is 6.72. The second-order valence-corrected chi connectivity index (χ2v) is 6.50. The predicted molar refractivity (Wildman–Crippen MR) is 76.3 cm³/mol. The van der Waals surface area contributed by atoms with Gasteiger partial charge in [-0.2, -0.15) is 11.8 Å². The largest absolute Gasteiger partial charge is 0.309 e. The van der Waals surface area contributed by atoms with E-state index in [0.717, 1.165) is 16.0 Å². The summed E-state index contributed by atoms with van der Waals surface area (Å²) < 4.78 is 1.04. The van der Waals surface area contributed by atoms with Crippen LogP contribution in [-0.2, 0) is 6.54 Å². The van der Waals surface area contributed by atoms with E-state index < -0.39 is 0 Å². The highest BCUT2D eigenvalue weighted by Gasteiger charge is 2.13. The third kappa shape index (κ3) is 3.66. The van der Waals surface area contributed by atoms with E-state index >= 15 is 0 Å². The van der Waals surface area contributed by atoms with Crippen molar-refractivity contribution in [3.63, 3.8) is 0 Å². The van der Waals surface area contributed by atoms with E-state index in [4.69, 9.17) is 11.6 Å². The second kappa shape index (κ2) is 6.29. The number of rotatable bonds is 3. The number of halogens is 2. The molecule has 1 unspecified atom stereocenters. The van der Waals surface area contributed by atoms with Gasteiger partial charge in [0.1, 0.15) is 0 Å². The fourth-order valence-electron chi connectivity index (χ4n) is 1.82. The molecule has 2 rings (SSSR count). The molecule has 1 aliphatic rings. The van der Waals surface area contributed by atoms with Crippen molar-refractivity contribution in [3.05, 3.63) is 33.3 Å². The smallest absolute Gasteiger partial charge is 0.0462 e. The maximum absolute atomic E-state index is 6.17. The zero-order valence-corrected chi connectivity index (χ0v) is 12.2. The molecule has 1 aromatic carbocycles. The first-order valence-electron chi connectivity index (χ1n) is 5.51. The van der Waals surface area contributed by atoms with Crippen LogP contribution >= 0.6 is 39.3 Å². The summed E-state index contributed by atoms with van der Waals surface area (Å²) in [6.07, 6.45) is 2.62. The summed E-state index contributed by atoms with van der Waals surface area (Å²) in [5.41, 5.74) is 1.18. The molecule has 0 radical (unpaired) electrons. The zero-order valence-electron chi connectivity index (χ0n) is 9.01. The van der Waals surface area contributed by atoms with E-state index in [9.17, 15) is 0 Å². The van der Waals surface area contributed by atoms with E-state index in [-0.39, 0.29) is 0 Å². The van der Waals surface area contributed by atoms with Gasteiger partial charge >= 0.3 is 0 Å². The van der Waals surface area contributed by atoms with Crippen molar-refractivity contribution < 1.29 is 0 Å². The lowest BCUT2D eigenvalue weighted by atomic mass is 10.1. The van der Waals surface area contributed by atoms with Crippen molar-refractivity contribution in [2.24, 2.45) is 0 Å². The van der Waals surface area contributed by atoms with Gasteiger partial charge in [-0.15, -0.1) is 0 Å². The molecule has 16 heavy (non-hydrogen) atoms. The maximum Gasteiger partial charge on any atom is 0.0462 e. The molecule has 88 valence electrons. The normalized spacial score (nSPS) is 21.0. The average Bonchev–Trinajstić information content (AvgIpc) is 2.29. The Morgan fingerprint density at radius 1 is 1.50 bits per heavy atom. The van der Waals surface area contributed by atoms with Gasteiger partial charge in [-0.05, 0) is 36.3 Å². The van der Waals surface area contributed by atoms with Gasteiger partial charge in [0, 0.05) is 27.8 Å². The van der Waals surface area contributed by atoms with Crippen LogP contribution in [0.3, 0.4) is 0 Å². The number of hydrogen-bond acceptors (Lipinski definition) is 2. The van der Waals surface area contributed by atoms with Gasteiger partial charge in [-0.25, -0.2) is 0 Å². The minimum atomic E-state index is 0.651. The van der Waals surface area contributed by atoms with E-state index in [1.54, 1.807) is 0 Å². The van der Waals surface area contributed by atoms with E-state index in [1.165, 1.54) is 29.9 Å². The predicted octanol–water partition coefficient (Wildman–Crippen LogP) is 4.09. The number of benzene rings is 1. The fraction of sp³-hybridized carbons (Fsp3) is 0.500. The van der Waals surface area contributed by atoms with Crippen molar-refractivity contribution in [1.82, 2.24) is 5.32 Å². The van der Waals surface area contributed by atoms with Gasteiger partial charge in [0.2, 0.25) is 0 Å². The Balaban J connectivity index is 1.88. The van der Waals surface area contributed by atoms with Crippen LogP contribution in [-0.4, -0.2) is 17.5 Å². The van der Waals surface area contributed by atoms with Crippen molar-refractivity contribution in [1.29, 1.82) is 0 Å². The van der Waals surface area contributed by atoms with Gasteiger partial charge in [0.05, 0.1) is 0 Å². The van der Waals surface area contributed by atoms with Crippen LogP contribution < -0.4 is 5.32 Å². The molecule has 1 N–H and O–H groups in total. The Bertz CT molecular complexity index is 353. The molecule has 1 aromatic rings. The van der Waals surface area contributed by atoms with Gasteiger partial charge < -0.3 is 5.32 Å². The van der Waals surface area contributed by atoms with E-state index in [1.807, 2.05) is 23.9 Å². The van der Waals surface area contributed by atoms with Crippen molar-refractivity contribution >= 4 is 39.3 Å². The molecule has 1 aliphatic heterocycles. The molecule has 4 heteroatoms. The first kappa shape index (κ1) is 12.7. The Kier molecular flexibility index (Phi) is 5.01. The summed E-state index contributed by atoms with van der Waals surface area (Å²) in [5.74, 6) is 2.55. The Labute approximate surface area is 114 Å². The maximum atomic E-state index is 6.17. The Hall–Kier alpha value is 0.300. The molecule has 1 nitrogen and oxygen atoms in total. The summed E-state index contributed by atoms with van der Waals surface area (Å²) >= 11 is 11.6. The number of nitrogens with one attached hydrogen (secondary N) is 1. The highest BCUT2D eigenvalue weighted by Crippen LogP contribution is 2.22. The first-order chi connectivity index (χ1) is 7.75. The number of thioether (sulfide) groups is 1. The summed E-state index contributed by atoms with van der Waals surface area (Å²) in [7, 11) is 0. The van der Waals surface area contributed by atoms with E-state index in [0.29, 0.717) is 6.04 Å². The van der Waals surface area contributed by atoms with Crippen molar-refractivity contribution in [2.75, 3.05) is 11.5 Å². The first-order valence-corrected chi connectivity index (χ1v) is 7.83. The van der Waals surface area contributed by atoms with Crippen LogP contribution in [0.1, 0.15) is 18.4 Å². The molecule has 0 amide bonds. The molecular weight excluding hydrogens is 306 g/mol. The Morgan fingerprint density at radius 3 is 3.06 bits per heavy atom. The van der Waals surface area contributed by atoms with Crippen LogP contribution in [0.25, 0.3) is 0 Å². The molecule has 0 aromatic heterocycles. The Morgan fingerprint density at radius 2 is 2.38 bits per heavy atom. The van der Waals surface area contributed by atoms with Gasteiger partial charge in [-0.3, -0.25) is 0 Å². The summed E-state index contributed by atoms with van der Waals surface area (Å²) in [4.78, 5) is 0. The van der Waals surface area contributed by atoms with Gasteiger partial charge in [-0.1, -0.05) is 33.6 Å². The zero-order chi connectivity index (χ0) is 11.4. The standard InChI is InChI=1S/C12H15BrClNS/c13-10-4-3-9(12(14)6-10)7-15-11-2-1-5-16-8-11/h3-4,6,11,15H,1-2,5,7-8H2. The fourth-order valence-corrected chi connectivity index (χ4v) is 3.67. The highest BCUT2D eigenvalue weighted by molar-refractivity contribution is 9.10. The molecule has 1 heterocycles. The average molecular weight is 321 g/mol. The van der Waals surface area contributed by atoms with Crippen LogP contribution in [0.4, 0.5) is 0 Å². The van der Waals surface area contributed by atoms with Crippen LogP contribution in [0.2, 0.25) is 5.02 Å². The van der Waals surface area contributed by atoms with Crippen molar-refractivity contribution in [2.45, 2.75) is 25.4 Å². The summed E-state index contributed by atoms with van der Waals surface area (Å²) in [5, 5.41) is 4.42. The molecule has 1 saturated heterocycles. The molecule has 0 saturated carbocycles. The molecule has 0 aliphatic carbocycles. The SMILES string of the molecule is Clc1cc(Br)ccc1CNC1CCCSC1. The lowest BCUT2D eigenvalue weighted by Crippen LogP contribution is -2.33. The molecule has 0 bridgehead atoms.